The first-order valence-corrected chi connectivity index (χ1v) is 14.5. The fraction of sp³-hybridized carbons (Fsp3) is 0.185. The number of halogens is 3. The van der Waals surface area contributed by atoms with Crippen molar-refractivity contribution < 1.29 is 26.8 Å². The minimum absolute atomic E-state index is 0.0202. The van der Waals surface area contributed by atoms with Crippen LogP contribution in [0.25, 0.3) is 11.5 Å². The maximum Gasteiger partial charge on any atom is 0.253 e. The van der Waals surface area contributed by atoms with Gasteiger partial charge in [-0.25, -0.2) is 12.8 Å². The van der Waals surface area contributed by atoms with Crippen LogP contribution in [0.15, 0.2) is 59.0 Å². The molecule has 0 unspecified atom stereocenters. The summed E-state index contributed by atoms with van der Waals surface area (Å²) in [6, 6.07) is 15.7. The number of nitrogens with zero attached hydrogens (tertiary/aromatic N) is 4. The molecule has 0 bridgehead atoms. The Morgan fingerprint density at radius 3 is 2.50 bits per heavy atom. The molecule has 1 aromatic heterocycles. The number of carbonyl (C=O) groups is 1. The predicted octanol–water partition coefficient (Wildman–Crippen LogP) is 5.31. The molecule has 40 heavy (non-hydrogen) atoms. The van der Waals surface area contributed by atoms with E-state index >= 15 is 4.39 Å². The average Bonchev–Trinajstić information content (AvgIpc) is 3.40. The van der Waals surface area contributed by atoms with Gasteiger partial charge in [-0.2, -0.15) is 5.26 Å². The Morgan fingerprint density at radius 2 is 1.80 bits per heavy atom. The Bertz CT molecular complexity index is 1740. The summed E-state index contributed by atoms with van der Waals surface area (Å²) in [6.45, 7) is 0.313. The second kappa shape index (κ2) is 11.3. The molecular weight excluding hydrogens is 582 g/mol. The second-order valence-corrected chi connectivity index (χ2v) is 12.1. The van der Waals surface area contributed by atoms with Gasteiger partial charge >= 0.3 is 0 Å². The summed E-state index contributed by atoms with van der Waals surface area (Å²) in [5.41, 5.74) is 1.38. The molecule has 2 heterocycles. The van der Waals surface area contributed by atoms with Gasteiger partial charge in [0.25, 0.3) is 5.91 Å². The molecule has 9 nitrogen and oxygen atoms in total. The van der Waals surface area contributed by atoms with Gasteiger partial charge in [-0.3, -0.25) is 4.79 Å². The van der Waals surface area contributed by atoms with Crippen molar-refractivity contribution >= 4 is 38.9 Å². The van der Waals surface area contributed by atoms with Crippen LogP contribution in [0, 0.1) is 17.1 Å². The summed E-state index contributed by atoms with van der Waals surface area (Å²) >= 11 is 12.2. The van der Waals surface area contributed by atoms with Crippen molar-refractivity contribution in [3.8, 4) is 29.0 Å². The molecule has 204 valence electrons. The van der Waals surface area contributed by atoms with Crippen LogP contribution in [0.1, 0.15) is 27.4 Å². The number of benzene rings is 3. The van der Waals surface area contributed by atoms with E-state index in [9.17, 15) is 13.2 Å². The van der Waals surface area contributed by atoms with Crippen LogP contribution >= 0.6 is 23.2 Å². The Kier molecular flexibility index (Phi) is 7.76. The molecule has 0 radical (unpaired) electrons. The first kappa shape index (κ1) is 27.6. The number of ether oxygens (including phenoxy) is 1. The van der Waals surface area contributed by atoms with Gasteiger partial charge in [0, 0.05) is 34.8 Å². The molecule has 5 rings (SSSR count). The number of carbonyl (C=O) groups excluding carboxylic acids is 1. The van der Waals surface area contributed by atoms with E-state index in [0.717, 1.165) is 0 Å². The lowest BCUT2D eigenvalue weighted by Crippen LogP contribution is -2.43. The van der Waals surface area contributed by atoms with Crippen LogP contribution in [-0.2, 0) is 16.3 Å². The largest absolute Gasteiger partial charge is 0.453 e. The minimum Gasteiger partial charge on any atom is -0.453 e. The molecule has 1 saturated heterocycles. The quantitative estimate of drug-likeness (QED) is 0.291. The molecule has 0 aliphatic carbocycles. The summed E-state index contributed by atoms with van der Waals surface area (Å²) in [4.78, 5) is 14.2. The summed E-state index contributed by atoms with van der Waals surface area (Å²) in [6.07, 6.45) is -0.0558. The summed E-state index contributed by atoms with van der Waals surface area (Å²) in [7, 11) is -3.09. The number of nitriles is 1. The van der Waals surface area contributed by atoms with E-state index in [4.69, 9.17) is 37.6 Å². The lowest BCUT2D eigenvalue weighted by atomic mass is 10.1. The number of aromatic nitrogens is 2. The van der Waals surface area contributed by atoms with Crippen molar-refractivity contribution in [3.05, 3.63) is 93.0 Å². The number of rotatable bonds is 6. The van der Waals surface area contributed by atoms with Crippen molar-refractivity contribution in [1.29, 1.82) is 5.26 Å². The van der Waals surface area contributed by atoms with Crippen molar-refractivity contribution in [2.45, 2.75) is 6.42 Å². The number of amides is 1. The fourth-order valence-corrected chi connectivity index (χ4v) is 5.68. The summed E-state index contributed by atoms with van der Waals surface area (Å²) < 4.78 is 50.0. The van der Waals surface area contributed by atoms with E-state index in [1.54, 1.807) is 24.3 Å². The normalized spacial score (nSPS) is 14.5. The molecule has 0 saturated carbocycles. The van der Waals surface area contributed by atoms with Gasteiger partial charge in [0.15, 0.2) is 21.4 Å². The molecule has 1 amide bonds. The molecule has 0 spiro atoms. The molecule has 0 atom stereocenters. The highest BCUT2D eigenvalue weighted by Crippen LogP contribution is 2.36. The van der Waals surface area contributed by atoms with Crippen LogP contribution in [0.4, 0.5) is 4.39 Å². The van der Waals surface area contributed by atoms with Crippen molar-refractivity contribution in [3.63, 3.8) is 0 Å². The second-order valence-electron chi connectivity index (χ2n) is 8.94. The fourth-order valence-electron chi connectivity index (χ4n) is 4.07. The first-order chi connectivity index (χ1) is 19.1. The topological polar surface area (TPSA) is 126 Å². The van der Waals surface area contributed by atoms with E-state index in [2.05, 4.69) is 10.2 Å². The first-order valence-electron chi connectivity index (χ1n) is 11.9. The van der Waals surface area contributed by atoms with Crippen LogP contribution in [0.3, 0.4) is 0 Å². The van der Waals surface area contributed by atoms with Crippen LogP contribution in [0.2, 0.25) is 10.0 Å². The van der Waals surface area contributed by atoms with Gasteiger partial charge in [0.2, 0.25) is 11.8 Å². The molecule has 1 aliphatic rings. The zero-order chi connectivity index (χ0) is 28.4. The van der Waals surface area contributed by atoms with E-state index in [-0.39, 0.29) is 81.4 Å². The third-order valence-electron chi connectivity index (χ3n) is 6.17. The standard InChI is InChI=1S/C27H19Cl2FN4O5S/c28-20-11-16(15-31)12-21(14-20)38-25-22(29)6-5-19(24(25)30)13-23-32-33-26(39-23)17-1-3-18(4-2-17)27(35)34-7-9-40(36,37)10-8-34/h1-6,11-12,14H,7-10,13H2. The maximum absolute atomic E-state index is 15.4. The lowest BCUT2D eigenvalue weighted by Gasteiger charge is -2.26. The van der Waals surface area contributed by atoms with E-state index in [1.165, 1.54) is 35.2 Å². The number of hydrogen-bond donors (Lipinski definition) is 0. The lowest BCUT2D eigenvalue weighted by molar-refractivity contribution is 0.0770. The SMILES string of the molecule is N#Cc1cc(Cl)cc(Oc2c(Cl)ccc(Cc3nnc(-c4ccc(C(=O)N5CCS(=O)(=O)CC5)cc4)o3)c2F)c1. The number of sulfone groups is 1. The molecular formula is C27H19Cl2FN4O5S. The number of hydrogen-bond acceptors (Lipinski definition) is 8. The zero-order valence-corrected chi connectivity index (χ0v) is 22.9. The molecule has 1 fully saturated rings. The van der Waals surface area contributed by atoms with E-state index in [0.29, 0.717) is 11.1 Å². The van der Waals surface area contributed by atoms with Crippen molar-refractivity contribution in [2.24, 2.45) is 0 Å². The monoisotopic (exact) mass is 600 g/mol. The van der Waals surface area contributed by atoms with Gasteiger partial charge in [0.05, 0.1) is 34.6 Å². The highest BCUT2D eigenvalue weighted by atomic mass is 35.5. The summed E-state index contributed by atoms with van der Waals surface area (Å²) in [5, 5.41) is 17.4. The Labute approximate surface area is 238 Å². The summed E-state index contributed by atoms with van der Waals surface area (Å²) in [5.74, 6) is -0.882. The van der Waals surface area contributed by atoms with Crippen LogP contribution < -0.4 is 4.74 Å². The molecule has 0 N–H and O–H groups in total. The zero-order valence-electron chi connectivity index (χ0n) is 20.6. The maximum atomic E-state index is 15.4. The highest BCUT2D eigenvalue weighted by molar-refractivity contribution is 7.91. The van der Waals surface area contributed by atoms with Crippen molar-refractivity contribution in [1.82, 2.24) is 15.1 Å². The van der Waals surface area contributed by atoms with Gasteiger partial charge in [-0.05, 0) is 48.5 Å². The van der Waals surface area contributed by atoms with Crippen molar-refractivity contribution in [2.75, 3.05) is 24.6 Å². The van der Waals surface area contributed by atoms with E-state index < -0.39 is 15.7 Å². The van der Waals surface area contributed by atoms with Crippen LogP contribution in [-0.4, -0.2) is 54.0 Å². The Hall–Kier alpha value is -3.98. The molecule has 13 heteroatoms. The Morgan fingerprint density at radius 1 is 1.07 bits per heavy atom. The molecule has 3 aromatic carbocycles. The van der Waals surface area contributed by atoms with E-state index in [1.807, 2.05) is 6.07 Å². The van der Waals surface area contributed by atoms with Crippen LogP contribution in [0.5, 0.6) is 11.5 Å². The Balaban J connectivity index is 1.30. The van der Waals surface area contributed by atoms with Gasteiger partial charge in [0.1, 0.15) is 5.75 Å². The third-order valence-corrected chi connectivity index (χ3v) is 8.29. The van der Waals surface area contributed by atoms with Gasteiger partial charge in [-0.15, -0.1) is 10.2 Å². The molecule has 4 aromatic rings. The highest BCUT2D eigenvalue weighted by Gasteiger charge is 2.26. The predicted molar refractivity (Wildman–Crippen MR) is 145 cm³/mol. The average molecular weight is 601 g/mol. The smallest absolute Gasteiger partial charge is 0.253 e. The third kappa shape index (κ3) is 6.09. The minimum atomic E-state index is -3.09. The molecule has 1 aliphatic heterocycles. The van der Waals surface area contributed by atoms with Gasteiger partial charge in [-0.1, -0.05) is 29.3 Å². The van der Waals surface area contributed by atoms with Gasteiger partial charge < -0.3 is 14.1 Å².